The molecule has 24 heavy (non-hydrogen) atoms. The van der Waals surface area contributed by atoms with Crippen molar-refractivity contribution in [2.45, 2.75) is 40.5 Å². The van der Waals surface area contributed by atoms with Crippen LogP contribution in [0, 0.1) is 29.6 Å². The molecule has 6 heteroatoms. The zero-order valence-corrected chi connectivity index (χ0v) is 14.9. The van der Waals surface area contributed by atoms with Crippen molar-refractivity contribution in [3.05, 3.63) is 12.2 Å². The van der Waals surface area contributed by atoms with E-state index in [-0.39, 0.29) is 36.9 Å². The van der Waals surface area contributed by atoms with E-state index in [9.17, 15) is 19.5 Å². The predicted molar refractivity (Wildman–Crippen MR) is 88.1 cm³/mol. The number of fused-ring (bicyclic) bond motifs is 2. The van der Waals surface area contributed by atoms with Crippen molar-refractivity contribution in [1.82, 2.24) is 0 Å². The lowest BCUT2D eigenvalue weighted by atomic mass is 9.83. The molecule has 2 aliphatic rings. The molecule has 6 nitrogen and oxygen atoms in total. The Kier molecular flexibility index (Phi) is 7.95. The van der Waals surface area contributed by atoms with E-state index in [4.69, 9.17) is 9.47 Å². The minimum Gasteiger partial charge on any atom is -0.481 e. The fourth-order valence-corrected chi connectivity index (χ4v) is 3.17. The van der Waals surface area contributed by atoms with Crippen LogP contribution in [0.3, 0.4) is 0 Å². The van der Waals surface area contributed by atoms with Gasteiger partial charge >= 0.3 is 17.9 Å². The summed E-state index contributed by atoms with van der Waals surface area (Å²) in [5.74, 6) is -3.43. The van der Waals surface area contributed by atoms with Crippen molar-refractivity contribution in [2.75, 3.05) is 13.2 Å². The molecular formula is C18H28O6. The molecule has 5 unspecified atom stereocenters. The molecule has 0 aromatic carbocycles. The van der Waals surface area contributed by atoms with Gasteiger partial charge in [0.1, 0.15) is 13.2 Å². The molecule has 0 radical (unpaired) electrons. The second-order valence-corrected chi connectivity index (χ2v) is 5.98. The summed E-state index contributed by atoms with van der Waals surface area (Å²) in [5.41, 5.74) is 0. The van der Waals surface area contributed by atoms with E-state index < -0.39 is 23.8 Å². The molecule has 136 valence electrons. The molecule has 2 aliphatic carbocycles. The summed E-state index contributed by atoms with van der Waals surface area (Å²) >= 11 is 0. The SMILES string of the molecule is CC.CCC(C)C(=O)OCCOC(=O)C1C2C=CC(C2)C1C(=O)O. The second-order valence-electron chi connectivity index (χ2n) is 5.98. The van der Waals surface area contributed by atoms with Gasteiger partial charge in [0.25, 0.3) is 0 Å². The first kappa shape index (κ1) is 20.2. The number of esters is 2. The molecule has 0 saturated heterocycles. The number of rotatable bonds is 7. The van der Waals surface area contributed by atoms with Crippen molar-refractivity contribution in [3.8, 4) is 0 Å². The number of carbonyl (C=O) groups excluding carboxylic acids is 2. The Morgan fingerprint density at radius 1 is 1.08 bits per heavy atom. The van der Waals surface area contributed by atoms with E-state index >= 15 is 0 Å². The molecule has 0 aromatic heterocycles. The molecule has 2 bridgehead atoms. The molecule has 0 aromatic rings. The first-order valence-electron chi connectivity index (χ1n) is 8.70. The van der Waals surface area contributed by atoms with Gasteiger partial charge in [-0.25, -0.2) is 0 Å². The zero-order chi connectivity index (χ0) is 18.3. The standard InChI is InChI=1S/C16H22O6.C2H6/c1-3-9(2)15(19)21-6-7-22-16(20)13-11-5-4-10(8-11)12(13)14(17)18;1-2/h4-5,9-13H,3,6-8H2,1-2H3,(H,17,18);1-2H3. The smallest absolute Gasteiger partial charge is 0.310 e. The van der Waals surface area contributed by atoms with Crippen LogP contribution in [0.15, 0.2) is 12.2 Å². The Morgan fingerprint density at radius 2 is 1.62 bits per heavy atom. The maximum atomic E-state index is 12.1. The van der Waals surface area contributed by atoms with Gasteiger partial charge in [-0.2, -0.15) is 0 Å². The molecule has 0 heterocycles. The number of allylic oxidation sites excluding steroid dienone is 2. The lowest BCUT2D eigenvalue weighted by Gasteiger charge is -2.23. The Hall–Kier alpha value is -1.85. The highest BCUT2D eigenvalue weighted by atomic mass is 16.6. The second kappa shape index (κ2) is 9.45. The van der Waals surface area contributed by atoms with Crippen molar-refractivity contribution in [3.63, 3.8) is 0 Å². The van der Waals surface area contributed by atoms with Crippen LogP contribution in [0.25, 0.3) is 0 Å². The monoisotopic (exact) mass is 340 g/mol. The maximum absolute atomic E-state index is 12.1. The number of carbonyl (C=O) groups is 3. The van der Waals surface area contributed by atoms with Crippen LogP contribution >= 0.6 is 0 Å². The van der Waals surface area contributed by atoms with Crippen LogP contribution < -0.4 is 0 Å². The number of hydrogen-bond donors (Lipinski definition) is 1. The van der Waals surface area contributed by atoms with Crippen LogP contribution in [0.1, 0.15) is 40.5 Å². The highest BCUT2D eigenvalue weighted by Gasteiger charge is 2.52. The fourth-order valence-electron chi connectivity index (χ4n) is 3.17. The van der Waals surface area contributed by atoms with Crippen molar-refractivity contribution in [2.24, 2.45) is 29.6 Å². The van der Waals surface area contributed by atoms with Crippen LogP contribution in [0.5, 0.6) is 0 Å². The highest BCUT2D eigenvalue weighted by molar-refractivity contribution is 5.83. The summed E-state index contributed by atoms with van der Waals surface area (Å²) in [6, 6.07) is 0. The van der Waals surface area contributed by atoms with Gasteiger partial charge in [0.2, 0.25) is 0 Å². The van der Waals surface area contributed by atoms with Crippen molar-refractivity contribution < 1.29 is 29.0 Å². The van der Waals surface area contributed by atoms with Crippen molar-refractivity contribution in [1.29, 1.82) is 0 Å². The fraction of sp³-hybridized carbons (Fsp3) is 0.722. The lowest BCUT2D eigenvalue weighted by molar-refractivity contribution is -0.162. The number of carboxylic acid groups (broad SMARTS) is 1. The van der Waals surface area contributed by atoms with Gasteiger partial charge in [0, 0.05) is 0 Å². The molecule has 1 saturated carbocycles. The topological polar surface area (TPSA) is 89.9 Å². The number of aliphatic carboxylic acids is 1. The van der Waals surface area contributed by atoms with Crippen LogP contribution in [0.4, 0.5) is 0 Å². The summed E-state index contributed by atoms with van der Waals surface area (Å²) in [7, 11) is 0. The van der Waals surface area contributed by atoms with Crippen LogP contribution in [0.2, 0.25) is 0 Å². The quantitative estimate of drug-likeness (QED) is 0.435. The van der Waals surface area contributed by atoms with E-state index in [1.807, 2.05) is 32.9 Å². The lowest BCUT2D eigenvalue weighted by Crippen LogP contribution is -2.34. The van der Waals surface area contributed by atoms with E-state index in [0.29, 0.717) is 12.8 Å². The summed E-state index contributed by atoms with van der Waals surface area (Å²) in [6.07, 6.45) is 5.16. The van der Waals surface area contributed by atoms with Gasteiger partial charge < -0.3 is 14.6 Å². The first-order valence-corrected chi connectivity index (χ1v) is 8.70. The zero-order valence-electron chi connectivity index (χ0n) is 14.9. The summed E-state index contributed by atoms with van der Waals surface area (Å²) < 4.78 is 10.1. The Balaban J connectivity index is 0.00000139. The average Bonchev–Trinajstić information content (AvgIpc) is 3.20. The van der Waals surface area contributed by atoms with Gasteiger partial charge in [-0.15, -0.1) is 0 Å². The Bertz CT molecular complexity index is 484. The number of ether oxygens (including phenoxy) is 2. The summed E-state index contributed by atoms with van der Waals surface area (Å²) in [4.78, 5) is 34.9. The Labute approximate surface area is 143 Å². The van der Waals surface area contributed by atoms with Crippen LogP contribution in [-0.2, 0) is 23.9 Å². The third-order valence-electron chi connectivity index (χ3n) is 4.60. The van der Waals surface area contributed by atoms with Gasteiger partial charge in [0.15, 0.2) is 0 Å². The normalized spacial score (nSPS) is 27.8. The molecule has 0 spiro atoms. The average molecular weight is 340 g/mol. The molecule has 5 atom stereocenters. The minimum absolute atomic E-state index is 0.00328. The molecular weight excluding hydrogens is 312 g/mol. The van der Waals surface area contributed by atoms with Gasteiger partial charge in [0.05, 0.1) is 17.8 Å². The van der Waals surface area contributed by atoms with Gasteiger partial charge in [-0.05, 0) is 24.7 Å². The number of hydrogen-bond acceptors (Lipinski definition) is 5. The summed E-state index contributed by atoms with van der Waals surface area (Å²) in [6.45, 7) is 7.63. The highest BCUT2D eigenvalue weighted by Crippen LogP contribution is 2.48. The van der Waals surface area contributed by atoms with Gasteiger partial charge in [-0.3, -0.25) is 14.4 Å². The van der Waals surface area contributed by atoms with E-state index in [0.717, 1.165) is 0 Å². The van der Waals surface area contributed by atoms with E-state index in [1.165, 1.54) is 0 Å². The molecule has 1 N–H and O–H groups in total. The third kappa shape index (κ3) is 4.58. The molecule has 0 aliphatic heterocycles. The van der Waals surface area contributed by atoms with Gasteiger partial charge in [-0.1, -0.05) is 39.8 Å². The van der Waals surface area contributed by atoms with E-state index in [1.54, 1.807) is 6.92 Å². The van der Waals surface area contributed by atoms with Crippen molar-refractivity contribution >= 4 is 17.9 Å². The predicted octanol–water partition coefficient (Wildman–Crippen LogP) is 2.67. The minimum atomic E-state index is -0.956. The molecule has 0 amide bonds. The third-order valence-corrected chi connectivity index (χ3v) is 4.60. The van der Waals surface area contributed by atoms with Crippen LogP contribution in [-0.4, -0.2) is 36.2 Å². The Morgan fingerprint density at radius 3 is 2.17 bits per heavy atom. The van der Waals surface area contributed by atoms with E-state index in [2.05, 4.69) is 0 Å². The first-order chi connectivity index (χ1) is 11.5. The summed E-state index contributed by atoms with van der Waals surface area (Å²) in [5, 5.41) is 9.28. The largest absolute Gasteiger partial charge is 0.481 e. The number of carboxylic acids is 1. The molecule has 2 rings (SSSR count). The molecule has 1 fully saturated rings. The maximum Gasteiger partial charge on any atom is 0.310 e.